The van der Waals surface area contributed by atoms with Crippen molar-refractivity contribution in [3.8, 4) is 0 Å². The van der Waals surface area contributed by atoms with Crippen LogP contribution in [0.3, 0.4) is 0 Å². The normalized spacial score (nSPS) is 19.4. The zero-order valence-electron chi connectivity index (χ0n) is 11.5. The van der Waals surface area contributed by atoms with E-state index in [1.54, 1.807) is 0 Å². The van der Waals surface area contributed by atoms with Crippen LogP contribution in [0, 0.1) is 5.92 Å². The number of nitrogens with zero attached hydrogens (tertiary/aromatic N) is 2. The Balaban J connectivity index is 1.87. The molecule has 2 heterocycles. The van der Waals surface area contributed by atoms with Gasteiger partial charge in [0.2, 0.25) is 0 Å². The van der Waals surface area contributed by atoms with Crippen LogP contribution in [0.5, 0.6) is 0 Å². The Morgan fingerprint density at radius 1 is 1.55 bits per heavy atom. The third kappa shape index (κ3) is 2.35. The highest BCUT2D eigenvalue weighted by atomic mass is 16.4. The van der Waals surface area contributed by atoms with E-state index in [0.29, 0.717) is 6.54 Å². The molecule has 0 saturated carbocycles. The van der Waals surface area contributed by atoms with E-state index in [0.717, 1.165) is 48.5 Å². The van der Waals surface area contributed by atoms with Crippen LogP contribution in [-0.2, 0) is 11.2 Å². The molecule has 1 saturated heterocycles. The molecular formula is C15H18N2O3. The summed E-state index contributed by atoms with van der Waals surface area (Å²) < 4.78 is 5.60. The summed E-state index contributed by atoms with van der Waals surface area (Å²) in [6, 6.07) is 5.89. The summed E-state index contributed by atoms with van der Waals surface area (Å²) in [6.07, 6.45) is 2.45. The summed E-state index contributed by atoms with van der Waals surface area (Å²) in [5.41, 5.74) is 2.66. The van der Waals surface area contributed by atoms with Gasteiger partial charge in [0, 0.05) is 25.2 Å². The molecule has 106 valence electrons. The molecule has 3 rings (SSSR count). The first-order valence-corrected chi connectivity index (χ1v) is 7.04. The molecule has 1 aliphatic heterocycles. The van der Waals surface area contributed by atoms with E-state index >= 15 is 0 Å². The molecule has 0 radical (unpaired) electrons. The maximum atomic E-state index is 11.1. The number of oxazole rings is 1. The van der Waals surface area contributed by atoms with Crippen LogP contribution in [-0.4, -0.2) is 29.1 Å². The first-order valence-electron chi connectivity index (χ1n) is 7.04. The molecule has 1 aromatic heterocycles. The summed E-state index contributed by atoms with van der Waals surface area (Å²) in [6.45, 7) is 3.47. The molecule has 20 heavy (non-hydrogen) atoms. The number of hydrogen-bond donors (Lipinski definition) is 1. The SMILES string of the molecule is CCc1nc2cc(N3CCCC(C(=O)O)C3)ccc2o1. The van der Waals surface area contributed by atoms with E-state index in [1.807, 2.05) is 25.1 Å². The number of piperidine rings is 1. The number of fused-ring (bicyclic) bond motifs is 1. The molecule has 1 aliphatic rings. The Hall–Kier alpha value is -2.04. The molecule has 0 spiro atoms. The number of anilines is 1. The lowest BCUT2D eigenvalue weighted by Gasteiger charge is -2.32. The number of hydrogen-bond acceptors (Lipinski definition) is 4. The van der Waals surface area contributed by atoms with Gasteiger partial charge in [-0.25, -0.2) is 4.98 Å². The van der Waals surface area contributed by atoms with Gasteiger partial charge in [-0.15, -0.1) is 0 Å². The predicted molar refractivity (Wildman–Crippen MR) is 76.0 cm³/mol. The third-order valence-electron chi connectivity index (χ3n) is 3.85. The number of benzene rings is 1. The van der Waals surface area contributed by atoms with E-state index in [9.17, 15) is 4.79 Å². The Kier molecular flexibility index (Phi) is 3.34. The van der Waals surface area contributed by atoms with Crippen LogP contribution < -0.4 is 4.90 Å². The summed E-state index contributed by atoms with van der Waals surface area (Å²) in [4.78, 5) is 17.7. The molecule has 0 bridgehead atoms. The second-order valence-corrected chi connectivity index (χ2v) is 5.24. The minimum atomic E-state index is -0.703. The fourth-order valence-corrected chi connectivity index (χ4v) is 2.72. The van der Waals surface area contributed by atoms with Gasteiger partial charge in [0.1, 0.15) is 5.52 Å². The lowest BCUT2D eigenvalue weighted by Crippen LogP contribution is -2.38. The van der Waals surface area contributed by atoms with Crippen molar-refractivity contribution in [2.45, 2.75) is 26.2 Å². The first kappa shape index (κ1) is 13.0. The van der Waals surface area contributed by atoms with Crippen molar-refractivity contribution >= 4 is 22.8 Å². The Labute approximate surface area is 117 Å². The molecule has 1 unspecified atom stereocenters. The summed E-state index contributed by atoms with van der Waals surface area (Å²) in [5, 5.41) is 9.16. The van der Waals surface area contributed by atoms with Gasteiger partial charge in [-0.05, 0) is 31.0 Å². The summed E-state index contributed by atoms with van der Waals surface area (Å²) >= 11 is 0. The number of aryl methyl sites for hydroxylation is 1. The standard InChI is InChI=1S/C15H18N2O3/c1-2-14-16-12-8-11(5-6-13(12)20-14)17-7-3-4-10(9-17)15(18)19/h5-6,8,10H,2-4,7,9H2,1H3,(H,18,19). The van der Waals surface area contributed by atoms with Gasteiger partial charge >= 0.3 is 5.97 Å². The number of aromatic nitrogens is 1. The second-order valence-electron chi connectivity index (χ2n) is 5.24. The predicted octanol–water partition coefficient (Wildman–Crippen LogP) is 2.69. The monoisotopic (exact) mass is 274 g/mol. The van der Waals surface area contributed by atoms with Crippen LogP contribution in [0.1, 0.15) is 25.7 Å². The number of carboxylic acid groups (broad SMARTS) is 1. The fourth-order valence-electron chi connectivity index (χ4n) is 2.72. The minimum absolute atomic E-state index is 0.275. The van der Waals surface area contributed by atoms with E-state index in [2.05, 4.69) is 9.88 Å². The van der Waals surface area contributed by atoms with Crippen molar-refractivity contribution in [3.63, 3.8) is 0 Å². The van der Waals surface area contributed by atoms with Crippen LogP contribution in [0.4, 0.5) is 5.69 Å². The molecule has 2 aromatic rings. The molecule has 1 aromatic carbocycles. The number of carbonyl (C=O) groups is 1. The van der Waals surface area contributed by atoms with Crippen LogP contribution >= 0.6 is 0 Å². The molecule has 1 atom stereocenters. The molecule has 0 amide bonds. The van der Waals surface area contributed by atoms with Crippen LogP contribution in [0.2, 0.25) is 0 Å². The lowest BCUT2D eigenvalue weighted by atomic mass is 9.98. The van der Waals surface area contributed by atoms with E-state index in [-0.39, 0.29) is 5.92 Å². The van der Waals surface area contributed by atoms with E-state index in [1.165, 1.54) is 0 Å². The largest absolute Gasteiger partial charge is 0.481 e. The fraction of sp³-hybridized carbons (Fsp3) is 0.467. The average molecular weight is 274 g/mol. The molecule has 0 aliphatic carbocycles. The van der Waals surface area contributed by atoms with Gasteiger partial charge < -0.3 is 14.4 Å². The first-order chi connectivity index (χ1) is 9.67. The maximum absolute atomic E-state index is 11.1. The number of rotatable bonds is 3. The smallest absolute Gasteiger partial charge is 0.308 e. The Morgan fingerprint density at radius 2 is 2.40 bits per heavy atom. The molecule has 1 fully saturated rings. The van der Waals surface area contributed by atoms with Gasteiger partial charge in [-0.3, -0.25) is 4.79 Å². The highest BCUT2D eigenvalue weighted by Crippen LogP contribution is 2.27. The van der Waals surface area contributed by atoms with E-state index < -0.39 is 5.97 Å². The maximum Gasteiger partial charge on any atom is 0.308 e. The Morgan fingerprint density at radius 3 is 3.15 bits per heavy atom. The molecular weight excluding hydrogens is 256 g/mol. The third-order valence-corrected chi connectivity index (χ3v) is 3.85. The highest BCUT2D eigenvalue weighted by molar-refractivity contribution is 5.78. The topological polar surface area (TPSA) is 66.6 Å². The van der Waals surface area contributed by atoms with Crippen molar-refractivity contribution in [2.75, 3.05) is 18.0 Å². The van der Waals surface area contributed by atoms with Crippen molar-refractivity contribution in [3.05, 3.63) is 24.1 Å². The van der Waals surface area contributed by atoms with Gasteiger partial charge in [-0.1, -0.05) is 6.92 Å². The van der Waals surface area contributed by atoms with Crippen molar-refractivity contribution in [1.82, 2.24) is 4.98 Å². The zero-order chi connectivity index (χ0) is 14.1. The molecule has 5 heteroatoms. The van der Waals surface area contributed by atoms with Crippen LogP contribution in [0.15, 0.2) is 22.6 Å². The molecule has 1 N–H and O–H groups in total. The van der Waals surface area contributed by atoms with Gasteiger partial charge in [-0.2, -0.15) is 0 Å². The summed E-state index contributed by atoms with van der Waals surface area (Å²) in [7, 11) is 0. The van der Waals surface area contributed by atoms with E-state index in [4.69, 9.17) is 9.52 Å². The second kappa shape index (κ2) is 5.15. The number of carboxylic acids is 1. The van der Waals surface area contributed by atoms with Gasteiger partial charge in [0.25, 0.3) is 0 Å². The van der Waals surface area contributed by atoms with Gasteiger partial charge in [0.05, 0.1) is 5.92 Å². The quantitative estimate of drug-likeness (QED) is 0.932. The Bertz CT molecular complexity index is 635. The van der Waals surface area contributed by atoms with Crippen LogP contribution in [0.25, 0.3) is 11.1 Å². The zero-order valence-corrected chi connectivity index (χ0v) is 11.5. The summed E-state index contributed by atoms with van der Waals surface area (Å²) in [5.74, 6) is -0.243. The molecule has 5 nitrogen and oxygen atoms in total. The van der Waals surface area contributed by atoms with Gasteiger partial charge in [0.15, 0.2) is 11.5 Å². The van der Waals surface area contributed by atoms with Crippen molar-refractivity contribution in [2.24, 2.45) is 5.92 Å². The minimum Gasteiger partial charge on any atom is -0.481 e. The van der Waals surface area contributed by atoms with Crippen molar-refractivity contribution in [1.29, 1.82) is 0 Å². The van der Waals surface area contributed by atoms with Crippen molar-refractivity contribution < 1.29 is 14.3 Å². The highest BCUT2D eigenvalue weighted by Gasteiger charge is 2.25. The lowest BCUT2D eigenvalue weighted by molar-refractivity contribution is -0.141. The average Bonchev–Trinajstić information content (AvgIpc) is 2.89. The number of aliphatic carboxylic acids is 1.